The van der Waals surface area contributed by atoms with Crippen LogP contribution in [-0.2, 0) is 4.74 Å². The standard InChI is InChI=1S/C12H27N3O/c1-5-11(4)15-12(13)14-8-6-7-9-16-10(2)3/h10-11H,5-9H2,1-4H3,(H3,13,14,15). The smallest absolute Gasteiger partial charge is 0.188 e. The molecule has 0 aliphatic carbocycles. The number of nitrogens with one attached hydrogen (secondary N) is 1. The van der Waals surface area contributed by atoms with E-state index in [1.54, 1.807) is 0 Å². The van der Waals surface area contributed by atoms with Gasteiger partial charge in [0.05, 0.1) is 6.10 Å². The molecule has 4 nitrogen and oxygen atoms in total. The summed E-state index contributed by atoms with van der Waals surface area (Å²) in [6.45, 7) is 9.90. The zero-order chi connectivity index (χ0) is 12.4. The SMILES string of the molecule is CCC(C)NC(N)=NCCCCOC(C)C. The van der Waals surface area contributed by atoms with Crippen molar-refractivity contribution in [3.05, 3.63) is 0 Å². The normalized spacial score (nSPS) is 14.2. The van der Waals surface area contributed by atoms with Crippen LogP contribution in [0.25, 0.3) is 0 Å². The Morgan fingerprint density at radius 1 is 1.31 bits per heavy atom. The third kappa shape index (κ3) is 9.77. The van der Waals surface area contributed by atoms with Crippen molar-refractivity contribution in [3.8, 4) is 0 Å². The molecule has 0 bridgehead atoms. The van der Waals surface area contributed by atoms with Gasteiger partial charge in [0, 0.05) is 19.2 Å². The first kappa shape index (κ1) is 15.2. The summed E-state index contributed by atoms with van der Waals surface area (Å²) in [5.74, 6) is 0.555. The average molecular weight is 229 g/mol. The molecule has 96 valence electrons. The summed E-state index contributed by atoms with van der Waals surface area (Å²) in [5, 5.41) is 3.14. The van der Waals surface area contributed by atoms with E-state index in [9.17, 15) is 0 Å². The maximum Gasteiger partial charge on any atom is 0.188 e. The minimum atomic E-state index is 0.320. The summed E-state index contributed by atoms with van der Waals surface area (Å²) in [5.41, 5.74) is 5.72. The zero-order valence-electron chi connectivity index (χ0n) is 11.1. The Hall–Kier alpha value is -0.770. The highest BCUT2D eigenvalue weighted by Crippen LogP contribution is 1.95. The molecule has 0 amide bonds. The van der Waals surface area contributed by atoms with Gasteiger partial charge in [-0.15, -0.1) is 0 Å². The van der Waals surface area contributed by atoms with Crippen LogP contribution < -0.4 is 11.1 Å². The van der Waals surface area contributed by atoms with Gasteiger partial charge in [0.25, 0.3) is 0 Å². The summed E-state index contributed by atoms with van der Waals surface area (Å²) >= 11 is 0. The van der Waals surface area contributed by atoms with Crippen LogP contribution >= 0.6 is 0 Å². The number of aliphatic imine (C=N–C) groups is 1. The Morgan fingerprint density at radius 3 is 2.56 bits per heavy atom. The number of ether oxygens (including phenoxy) is 1. The second kappa shape index (κ2) is 9.46. The summed E-state index contributed by atoms with van der Waals surface area (Å²) < 4.78 is 5.44. The Balaban J connectivity index is 3.44. The first-order valence-corrected chi connectivity index (χ1v) is 6.24. The minimum absolute atomic E-state index is 0.320. The fraction of sp³-hybridized carbons (Fsp3) is 0.917. The van der Waals surface area contributed by atoms with Crippen molar-refractivity contribution in [3.63, 3.8) is 0 Å². The quantitative estimate of drug-likeness (QED) is 0.379. The lowest BCUT2D eigenvalue weighted by Crippen LogP contribution is -2.38. The van der Waals surface area contributed by atoms with Gasteiger partial charge in [0.2, 0.25) is 0 Å². The molecule has 0 rings (SSSR count). The van der Waals surface area contributed by atoms with Gasteiger partial charge >= 0.3 is 0 Å². The van der Waals surface area contributed by atoms with Crippen LogP contribution in [0.2, 0.25) is 0 Å². The van der Waals surface area contributed by atoms with E-state index in [0.29, 0.717) is 18.1 Å². The number of nitrogens with two attached hydrogens (primary N) is 1. The van der Waals surface area contributed by atoms with Gasteiger partial charge < -0.3 is 15.8 Å². The van der Waals surface area contributed by atoms with E-state index >= 15 is 0 Å². The number of rotatable bonds is 8. The molecule has 0 saturated carbocycles. The molecule has 0 spiro atoms. The van der Waals surface area contributed by atoms with Crippen LogP contribution in [0.4, 0.5) is 0 Å². The van der Waals surface area contributed by atoms with Gasteiger partial charge in [-0.05, 0) is 40.0 Å². The zero-order valence-corrected chi connectivity index (χ0v) is 11.1. The van der Waals surface area contributed by atoms with Crippen LogP contribution in [0.15, 0.2) is 4.99 Å². The maximum absolute atomic E-state index is 5.72. The van der Waals surface area contributed by atoms with E-state index in [1.165, 1.54) is 0 Å². The van der Waals surface area contributed by atoms with Crippen molar-refractivity contribution >= 4 is 5.96 Å². The van der Waals surface area contributed by atoms with Crippen LogP contribution in [-0.4, -0.2) is 31.3 Å². The third-order valence-electron chi connectivity index (χ3n) is 2.29. The monoisotopic (exact) mass is 229 g/mol. The maximum atomic E-state index is 5.72. The lowest BCUT2D eigenvalue weighted by atomic mass is 10.3. The van der Waals surface area contributed by atoms with Gasteiger partial charge in [-0.25, -0.2) is 0 Å². The molecule has 4 heteroatoms. The molecular weight excluding hydrogens is 202 g/mol. The Bertz CT molecular complexity index is 193. The molecule has 0 radical (unpaired) electrons. The predicted molar refractivity (Wildman–Crippen MR) is 69.7 cm³/mol. The lowest BCUT2D eigenvalue weighted by molar-refractivity contribution is 0.0764. The van der Waals surface area contributed by atoms with Crippen LogP contribution in [0, 0.1) is 0 Å². The number of guanidine groups is 1. The summed E-state index contributed by atoms with van der Waals surface area (Å²) in [6, 6.07) is 0.396. The van der Waals surface area contributed by atoms with E-state index in [0.717, 1.165) is 32.4 Å². The van der Waals surface area contributed by atoms with Crippen LogP contribution in [0.1, 0.15) is 47.0 Å². The number of nitrogens with zero attached hydrogens (tertiary/aromatic N) is 1. The number of hydrogen-bond donors (Lipinski definition) is 2. The highest BCUT2D eigenvalue weighted by molar-refractivity contribution is 5.78. The van der Waals surface area contributed by atoms with Crippen molar-refractivity contribution in [2.45, 2.75) is 59.1 Å². The molecule has 0 saturated heterocycles. The molecule has 0 aromatic rings. The van der Waals surface area contributed by atoms with Gasteiger partial charge in [0.1, 0.15) is 0 Å². The molecule has 0 heterocycles. The van der Waals surface area contributed by atoms with Gasteiger partial charge in [0.15, 0.2) is 5.96 Å². The molecule has 16 heavy (non-hydrogen) atoms. The first-order valence-electron chi connectivity index (χ1n) is 6.24. The third-order valence-corrected chi connectivity index (χ3v) is 2.29. The van der Waals surface area contributed by atoms with Crippen molar-refractivity contribution in [1.29, 1.82) is 0 Å². The summed E-state index contributed by atoms with van der Waals surface area (Å²) in [4.78, 5) is 4.26. The van der Waals surface area contributed by atoms with E-state index in [2.05, 4.69) is 24.2 Å². The molecule has 0 aliphatic rings. The largest absolute Gasteiger partial charge is 0.379 e. The average Bonchev–Trinajstić information content (AvgIpc) is 2.22. The van der Waals surface area contributed by atoms with E-state index < -0.39 is 0 Å². The predicted octanol–water partition coefficient (Wildman–Crippen LogP) is 1.89. The second-order valence-corrected chi connectivity index (χ2v) is 4.35. The van der Waals surface area contributed by atoms with Gasteiger partial charge in [-0.1, -0.05) is 6.92 Å². The first-order chi connectivity index (χ1) is 7.56. The summed E-state index contributed by atoms with van der Waals surface area (Å²) in [6.07, 6.45) is 3.44. The summed E-state index contributed by atoms with van der Waals surface area (Å²) in [7, 11) is 0. The molecule has 0 aromatic carbocycles. The topological polar surface area (TPSA) is 59.6 Å². The minimum Gasteiger partial charge on any atom is -0.379 e. The van der Waals surface area contributed by atoms with E-state index in [1.807, 2.05) is 13.8 Å². The fourth-order valence-electron chi connectivity index (χ4n) is 1.13. The van der Waals surface area contributed by atoms with Gasteiger partial charge in [-0.2, -0.15) is 0 Å². The Labute approximate surface area is 99.7 Å². The lowest BCUT2D eigenvalue weighted by Gasteiger charge is -2.11. The number of unbranched alkanes of at least 4 members (excludes halogenated alkanes) is 1. The van der Waals surface area contributed by atoms with Crippen LogP contribution in [0.3, 0.4) is 0 Å². The second-order valence-electron chi connectivity index (χ2n) is 4.35. The fourth-order valence-corrected chi connectivity index (χ4v) is 1.13. The molecule has 0 fully saturated rings. The Morgan fingerprint density at radius 2 is 2.00 bits per heavy atom. The number of hydrogen-bond acceptors (Lipinski definition) is 2. The molecule has 1 atom stereocenters. The van der Waals surface area contributed by atoms with Crippen molar-refractivity contribution in [2.24, 2.45) is 10.7 Å². The molecule has 3 N–H and O–H groups in total. The highest BCUT2D eigenvalue weighted by Gasteiger charge is 1.98. The van der Waals surface area contributed by atoms with Crippen molar-refractivity contribution < 1.29 is 4.74 Å². The van der Waals surface area contributed by atoms with Crippen LogP contribution in [0.5, 0.6) is 0 Å². The van der Waals surface area contributed by atoms with Crippen molar-refractivity contribution in [2.75, 3.05) is 13.2 Å². The molecule has 0 aromatic heterocycles. The molecule has 0 aliphatic heterocycles. The van der Waals surface area contributed by atoms with Gasteiger partial charge in [-0.3, -0.25) is 4.99 Å². The Kier molecular flexibility index (Phi) is 9.00. The van der Waals surface area contributed by atoms with E-state index in [-0.39, 0.29) is 0 Å². The molecular formula is C12H27N3O. The van der Waals surface area contributed by atoms with Crippen molar-refractivity contribution in [1.82, 2.24) is 5.32 Å². The highest BCUT2D eigenvalue weighted by atomic mass is 16.5. The van der Waals surface area contributed by atoms with E-state index in [4.69, 9.17) is 10.5 Å². The molecule has 1 unspecified atom stereocenters.